The van der Waals surface area contributed by atoms with Crippen LogP contribution in [0.15, 0.2) is 42.5 Å². The quantitative estimate of drug-likeness (QED) is 0.351. The molecule has 0 aliphatic heterocycles. The van der Waals surface area contributed by atoms with Crippen LogP contribution in [0.2, 0.25) is 10.0 Å². The fraction of sp³-hybridized carbons (Fsp3) is 0.0667. The van der Waals surface area contributed by atoms with Crippen LogP contribution >= 0.6 is 23.2 Å². The van der Waals surface area contributed by atoms with E-state index in [0.29, 0.717) is 10.6 Å². The fourth-order valence-corrected chi connectivity index (χ4v) is 2.03. The summed E-state index contributed by atoms with van der Waals surface area (Å²) in [6, 6.07) is 9.59. The molecule has 0 aliphatic rings. The molecule has 23 heavy (non-hydrogen) atoms. The summed E-state index contributed by atoms with van der Waals surface area (Å²) >= 11 is 11.4. The molecule has 0 aliphatic carbocycles. The van der Waals surface area contributed by atoms with E-state index in [0.717, 1.165) is 6.07 Å². The minimum Gasteiger partial charge on any atom is -0.454 e. The van der Waals surface area contributed by atoms with Gasteiger partial charge in [-0.05, 0) is 36.4 Å². The number of rotatable bonds is 5. The lowest BCUT2D eigenvalue weighted by molar-refractivity contribution is -0.384. The number of nitro groups is 1. The number of esters is 1. The SMILES string of the molecule is O=C(COC(=O)c1ccc(Cl)c([N+](=O)[O-])c1)c1ccc(Cl)cc1. The molecular formula is C15H9Cl2NO5. The van der Waals surface area contributed by atoms with E-state index in [1.807, 2.05) is 0 Å². The molecule has 0 aromatic heterocycles. The average Bonchev–Trinajstić information content (AvgIpc) is 2.53. The Morgan fingerprint density at radius 3 is 2.26 bits per heavy atom. The van der Waals surface area contributed by atoms with Gasteiger partial charge in [0.05, 0.1) is 10.5 Å². The van der Waals surface area contributed by atoms with Crippen LogP contribution in [0.3, 0.4) is 0 Å². The first kappa shape index (κ1) is 16.9. The molecule has 0 N–H and O–H groups in total. The van der Waals surface area contributed by atoms with Gasteiger partial charge in [0.15, 0.2) is 12.4 Å². The van der Waals surface area contributed by atoms with Crippen molar-refractivity contribution in [2.45, 2.75) is 0 Å². The highest BCUT2D eigenvalue weighted by Gasteiger charge is 2.18. The highest BCUT2D eigenvalue weighted by Crippen LogP contribution is 2.25. The highest BCUT2D eigenvalue weighted by atomic mass is 35.5. The van der Waals surface area contributed by atoms with Gasteiger partial charge in [-0.15, -0.1) is 0 Å². The lowest BCUT2D eigenvalue weighted by atomic mass is 10.1. The predicted molar refractivity (Wildman–Crippen MR) is 84.2 cm³/mol. The van der Waals surface area contributed by atoms with Crippen LogP contribution < -0.4 is 0 Å². The van der Waals surface area contributed by atoms with E-state index in [1.54, 1.807) is 12.1 Å². The molecule has 0 saturated heterocycles. The molecule has 0 spiro atoms. The minimum absolute atomic E-state index is 0.0648. The van der Waals surface area contributed by atoms with E-state index >= 15 is 0 Å². The smallest absolute Gasteiger partial charge is 0.338 e. The van der Waals surface area contributed by atoms with E-state index < -0.39 is 29.0 Å². The first-order valence-corrected chi connectivity index (χ1v) is 7.04. The van der Waals surface area contributed by atoms with Gasteiger partial charge >= 0.3 is 5.97 Å². The van der Waals surface area contributed by atoms with Crippen LogP contribution in [0.1, 0.15) is 20.7 Å². The summed E-state index contributed by atoms with van der Waals surface area (Å²) in [5.74, 6) is -1.27. The Morgan fingerprint density at radius 1 is 1.04 bits per heavy atom. The van der Waals surface area contributed by atoms with Gasteiger partial charge in [0, 0.05) is 16.7 Å². The Hall–Kier alpha value is -2.44. The van der Waals surface area contributed by atoms with Crippen molar-refractivity contribution in [3.8, 4) is 0 Å². The monoisotopic (exact) mass is 353 g/mol. The lowest BCUT2D eigenvalue weighted by Crippen LogP contribution is -2.14. The zero-order valence-electron chi connectivity index (χ0n) is 11.5. The Balaban J connectivity index is 2.05. The number of benzene rings is 2. The van der Waals surface area contributed by atoms with Crippen molar-refractivity contribution in [3.63, 3.8) is 0 Å². The number of ether oxygens (including phenoxy) is 1. The molecule has 6 nitrogen and oxygen atoms in total. The standard InChI is InChI=1S/C15H9Cl2NO5/c16-11-4-1-9(2-5-11)14(19)8-23-15(20)10-3-6-12(17)13(7-10)18(21)22/h1-7H,8H2. The largest absolute Gasteiger partial charge is 0.454 e. The van der Waals surface area contributed by atoms with Crippen molar-refractivity contribution in [2.24, 2.45) is 0 Å². The molecule has 2 aromatic carbocycles. The van der Waals surface area contributed by atoms with E-state index in [1.165, 1.54) is 24.3 Å². The molecule has 8 heteroatoms. The Kier molecular flexibility index (Phi) is 5.31. The van der Waals surface area contributed by atoms with Crippen molar-refractivity contribution in [2.75, 3.05) is 6.61 Å². The second kappa shape index (κ2) is 7.21. The zero-order chi connectivity index (χ0) is 17.0. The van der Waals surface area contributed by atoms with Gasteiger partial charge < -0.3 is 4.74 Å². The molecule has 0 radical (unpaired) electrons. The number of hydrogen-bond donors (Lipinski definition) is 0. The summed E-state index contributed by atoms with van der Waals surface area (Å²) < 4.78 is 4.86. The summed E-state index contributed by atoms with van der Waals surface area (Å²) in [7, 11) is 0. The number of nitro benzene ring substituents is 1. The molecule has 0 fully saturated rings. The first-order valence-electron chi connectivity index (χ1n) is 6.28. The molecule has 0 amide bonds. The molecule has 0 unspecified atom stereocenters. The lowest BCUT2D eigenvalue weighted by Gasteiger charge is -2.05. The summed E-state index contributed by atoms with van der Waals surface area (Å²) in [5.41, 5.74) is -0.139. The van der Waals surface area contributed by atoms with Gasteiger partial charge in [-0.25, -0.2) is 4.79 Å². The third kappa shape index (κ3) is 4.28. The highest BCUT2D eigenvalue weighted by molar-refractivity contribution is 6.32. The number of hydrogen-bond acceptors (Lipinski definition) is 5. The Labute approximate surface area is 140 Å². The topological polar surface area (TPSA) is 86.5 Å². The summed E-state index contributed by atoms with van der Waals surface area (Å²) in [6.45, 7) is -0.489. The average molecular weight is 354 g/mol. The van der Waals surface area contributed by atoms with E-state index in [-0.39, 0.29) is 10.6 Å². The number of nitrogens with zero attached hydrogens (tertiary/aromatic N) is 1. The van der Waals surface area contributed by atoms with Gasteiger partial charge in [0.1, 0.15) is 5.02 Å². The van der Waals surface area contributed by atoms with Crippen LogP contribution in [0.5, 0.6) is 0 Å². The summed E-state index contributed by atoms with van der Waals surface area (Å²) in [6.07, 6.45) is 0. The maximum atomic E-state index is 11.9. The first-order chi connectivity index (χ1) is 10.9. The Bertz CT molecular complexity index is 774. The number of halogens is 2. The van der Waals surface area contributed by atoms with Crippen LogP contribution in [0, 0.1) is 10.1 Å². The van der Waals surface area contributed by atoms with Gasteiger partial charge in [-0.2, -0.15) is 0 Å². The minimum atomic E-state index is -0.855. The number of carbonyl (C=O) groups excluding carboxylic acids is 2. The number of carbonyl (C=O) groups is 2. The van der Waals surface area contributed by atoms with Crippen molar-refractivity contribution >= 4 is 40.6 Å². The summed E-state index contributed by atoms with van der Waals surface area (Å²) in [5, 5.41) is 11.2. The maximum absolute atomic E-state index is 11.9. The van der Waals surface area contributed by atoms with Crippen LogP contribution in [-0.2, 0) is 4.74 Å². The second-order valence-corrected chi connectivity index (χ2v) is 5.27. The third-order valence-electron chi connectivity index (χ3n) is 2.88. The van der Waals surface area contributed by atoms with Crippen LogP contribution in [0.25, 0.3) is 0 Å². The fourth-order valence-electron chi connectivity index (χ4n) is 1.71. The molecule has 0 atom stereocenters. The molecule has 118 valence electrons. The van der Waals surface area contributed by atoms with Gasteiger partial charge in [-0.1, -0.05) is 23.2 Å². The number of Topliss-reactive ketones (excluding diaryl/α,β-unsaturated/α-hetero) is 1. The third-order valence-corrected chi connectivity index (χ3v) is 3.45. The van der Waals surface area contributed by atoms with Crippen molar-refractivity contribution in [1.82, 2.24) is 0 Å². The van der Waals surface area contributed by atoms with Crippen molar-refractivity contribution in [3.05, 3.63) is 73.8 Å². The summed E-state index contributed by atoms with van der Waals surface area (Å²) in [4.78, 5) is 33.8. The maximum Gasteiger partial charge on any atom is 0.338 e. The Morgan fingerprint density at radius 2 is 1.65 bits per heavy atom. The molecule has 0 heterocycles. The zero-order valence-corrected chi connectivity index (χ0v) is 13.0. The second-order valence-electron chi connectivity index (χ2n) is 4.43. The molecular weight excluding hydrogens is 345 g/mol. The predicted octanol–water partition coefficient (Wildman–Crippen LogP) is 3.94. The van der Waals surface area contributed by atoms with E-state index in [4.69, 9.17) is 27.9 Å². The molecule has 0 saturated carbocycles. The molecule has 2 rings (SSSR count). The van der Waals surface area contributed by atoms with Crippen molar-refractivity contribution < 1.29 is 19.2 Å². The molecule has 2 aromatic rings. The molecule has 0 bridgehead atoms. The normalized spacial score (nSPS) is 10.2. The van der Waals surface area contributed by atoms with Gasteiger partial charge in [-0.3, -0.25) is 14.9 Å². The van der Waals surface area contributed by atoms with E-state index in [2.05, 4.69) is 0 Å². The van der Waals surface area contributed by atoms with Gasteiger partial charge in [0.2, 0.25) is 0 Å². The van der Waals surface area contributed by atoms with Crippen LogP contribution in [0.4, 0.5) is 5.69 Å². The number of ketones is 1. The van der Waals surface area contributed by atoms with Crippen LogP contribution in [-0.4, -0.2) is 23.3 Å². The van der Waals surface area contributed by atoms with Crippen molar-refractivity contribution in [1.29, 1.82) is 0 Å². The van der Waals surface area contributed by atoms with Gasteiger partial charge in [0.25, 0.3) is 5.69 Å². The van der Waals surface area contributed by atoms with E-state index in [9.17, 15) is 19.7 Å².